The number of hydrogen-bond acceptors (Lipinski definition) is 2. The molecule has 3 heteroatoms. The molecule has 0 saturated heterocycles. The van der Waals surface area contributed by atoms with E-state index in [1.54, 1.807) is 17.4 Å². The van der Waals surface area contributed by atoms with Gasteiger partial charge in [-0.2, -0.15) is 0 Å². The Morgan fingerprint density at radius 3 is 2.41 bits per heavy atom. The van der Waals surface area contributed by atoms with E-state index in [1.165, 1.54) is 31.2 Å². The minimum Gasteiger partial charge on any atom is -0.256 e. The summed E-state index contributed by atoms with van der Waals surface area (Å²) in [5.41, 5.74) is 5.44. The highest BCUT2D eigenvalue weighted by atomic mass is 32.1. The second-order valence-electron chi connectivity index (χ2n) is 10.1. The van der Waals surface area contributed by atoms with Crippen molar-refractivity contribution in [3.8, 4) is 22.4 Å². The van der Waals surface area contributed by atoms with Crippen molar-refractivity contribution in [3.05, 3.63) is 90.4 Å². The predicted molar refractivity (Wildman–Crippen MR) is 143 cm³/mol. The Hall–Kier alpha value is -3.04. The molecule has 0 N–H and O–H groups in total. The number of fused-ring (bicyclic) bond motifs is 3. The van der Waals surface area contributed by atoms with E-state index < -0.39 is 0 Å². The third-order valence-corrected chi connectivity index (χ3v) is 8.92. The molecule has 34 heavy (non-hydrogen) atoms. The largest absolute Gasteiger partial charge is 0.256 e. The molecule has 0 aliphatic heterocycles. The lowest BCUT2D eigenvalue weighted by atomic mass is 9.72. The zero-order valence-corrected chi connectivity index (χ0v) is 20.5. The number of halogens is 1. The lowest BCUT2D eigenvalue weighted by Gasteiger charge is -2.32. The van der Waals surface area contributed by atoms with E-state index in [4.69, 9.17) is 4.98 Å². The van der Waals surface area contributed by atoms with Gasteiger partial charge in [0.1, 0.15) is 5.82 Å². The quantitative estimate of drug-likeness (QED) is 0.258. The first-order valence-electron chi connectivity index (χ1n) is 12.2. The van der Waals surface area contributed by atoms with Crippen LogP contribution < -0.4 is 0 Å². The van der Waals surface area contributed by atoms with Gasteiger partial charge in [0, 0.05) is 31.9 Å². The van der Waals surface area contributed by atoms with Crippen molar-refractivity contribution in [1.29, 1.82) is 0 Å². The normalized spacial score (nSPS) is 14.9. The van der Waals surface area contributed by atoms with E-state index in [0.29, 0.717) is 5.39 Å². The maximum atomic E-state index is 15.4. The summed E-state index contributed by atoms with van der Waals surface area (Å²) < 4.78 is 17.5. The fourth-order valence-corrected chi connectivity index (χ4v) is 6.82. The van der Waals surface area contributed by atoms with Crippen molar-refractivity contribution >= 4 is 31.5 Å². The first-order chi connectivity index (χ1) is 16.5. The number of aromatic nitrogens is 1. The van der Waals surface area contributed by atoms with Crippen molar-refractivity contribution in [1.82, 2.24) is 4.98 Å². The van der Waals surface area contributed by atoms with Gasteiger partial charge in [-0.1, -0.05) is 63.1 Å². The Morgan fingerprint density at radius 1 is 0.824 bits per heavy atom. The van der Waals surface area contributed by atoms with Gasteiger partial charge < -0.3 is 0 Å². The van der Waals surface area contributed by atoms with E-state index in [-0.39, 0.29) is 11.2 Å². The minimum atomic E-state index is -0.163. The summed E-state index contributed by atoms with van der Waals surface area (Å²) in [5, 5.41) is 1.68. The fraction of sp³-hybridized carbons (Fsp3) is 0.258. The van der Waals surface area contributed by atoms with Gasteiger partial charge in [0.25, 0.3) is 0 Å². The topological polar surface area (TPSA) is 12.9 Å². The van der Waals surface area contributed by atoms with Crippen molar-refractivity contribution in [3.63, 3.8) is 0 Å². The Kier molecular flexibility index (Phi) is 5.26. The lowest BCUT2D eigenvalue weighted by Crippen LogP contribution is -2.26. The molecule has 5 aromatic rings. The van der Waals surface area contributed by atoms with Gasteiger partial charge in [-0.25, -0.2) is 4.39 Å². The number of nitrogens with zero attached hydrogens (tertiary/aromatic N) is 1. The average molecular weight is 466 g/mol. The van der Waals surface area contributed by atoms with Crippen molar-refractivity contribution in [2.45, 2.75) is 44.9 Å². The highest BCUT2D eigenvalue weighted by Crippen LogP contribution is 2.43. The lowest BCUT2D eigenvalue weighted by molar-refractivity contribution is 0.325. The van der Waals surface area contributed by atoms with Crippen LogP contribution in [0.25, 0.3) is 42.6 Å². The van der Waals surface area contributed by atoms with Crippen LogP contribution in [0.1, 0.15) is 45.1 Å². The molecule has 0 bridgehead atoms. The van der Waals surface area contributed by atoms with Gasteiger partial charge in [0.05, 0.1) is 5.69 Å². The molecule has 1 saturated carbocycles. The Labute approximate surface area is 204 Å². The smallest absolute Gasteiger partial charge is 0.133 e. The number of rotatable bonds is 4. The standard InChI is InChI=1S/C31H28FNS/c1-31(2,23-10-6-7-11-23)24-14-15-33-27(19-24)21-12-13-28-25(16-21)30-26(32)17-22(18-29(30)34-28)20-8-4-3-5-9-20/h3-5,8-9,12-19,23H,6-7,10-11H2,1-2H3. The van der Waals surface area contributed by atoms with E-state index in [1.807, 2.05) is 36.5 Å². The monoisotopic (exact) mass is 465 g/mol. The fourth-order valence-electron chi connectivity index (χ4n) is 5.69. The summed E-state index contributed by atoms with van der Waals surface area (Å²) in [6.07, 6.45) is 7.23. The van der Waals surface area contributed by atoms with Crippen LogP contribution in [-0.2, 0) is 5.41 Å². The Morgan fingerprint density at radius 2 is 1.62 bits per heavy atom. The maximum absolute atomic E-state index is 15.4. The van der Waals surface area contributed by atoms with Gasteiger partial charge >= 0.3 is 0 Å². The van der Waals surface area contributed by atoms with E-state index in [0.717, 1.165) is 43.1 Å². The second kappa shape index (κ2) is 8.32. The molecule has 0 spiro atoms. The third kappa shape index (κ3) is 3.63. The van der Waals surface area contributed by atoms with Crippen molar-refractivity contribution in [2.75, 3.05) is 0 Å². The molecule has 1 nitrogen and oxygen atoms in total. The first-order valence-corrected chi connectivity index (χ1v) is 13.0. The van der Waals surface area contributed by atoms with Crippen LogP contribution in [-0.4, -0.2) is 4.98 Å². The third-order valence-electron chi connectivity index (χ3n) is 7.81. The Balaban J connectivity index is 1.44. The van der Waals surface area contributed by atoms with Crippen LogP contribution in [0.15, 0.2) is 79.0 Å². The molecule has 0 amide bonds. The van der Waals surface area contributed by atoms with Gasteiger partial charge in [-0.05, 0) is 77.3 Å². The number of benzene rings is 3. The van der Waals surface area contributed by atoms with Crippen molar-refractivity contribution < 1.29 is 4.39 Å². The molecule has 1 aliphatic rings. The number of thiophene rings is 1. The molecule has 2 heterocycles. The summed E-state index contributed by atoms with van der Waals surface area (Å²) in [6, 6.07) is 24.6. The summed E-state index contributed by atoms with van der Waals surface area (Å²) in [4.78, 5) is 4.71. The van der Waals surface area contributed by atoms with Gasteiger partial charge in [0.2, 0.25) is 0 Å². The molecular weight excluding hydrogens is 437 g/mol. The molecule has 1 fully saturated rings. The highest BCUT2D eigenvalue weighted by molar-refractivity contribution is 7.25. The molecule has 2 aromatic heterocycles. The first kappa shape index (κ1) is 21.5. The number of pyridine rings is 1. The van der Waals surface area contributed by atoms with Crippen molar-refractivity contribution in [2.24, 2.45) is 5.92 Å². The van der Waals surface area contributed by atoms with Gasteiger partial charge in [0.15, 0.2) is 0 Å². The molecule has 0 atom stereocenters. The highest BCUT2D eigenvalue weighted by Gasteiger charge is 2.33. The zero-order chi connectivity index (χ0) is 23.3. The van der Waals surface area contributed by atoms with Gasteiger partial charge in [-0.15, -0.1) is 11.3 Å². The molecule has 3 aromatic carbocycles. The SMILES string of the molecule is CC(C)(c1ccnc(-c2ccc3sc4cc(-c5ccccc5)cc(F)c4c3c2)c1)C1CCCC1. The maximum Gasteiger partial charge on any atom is 0.133 e. The second-order valence-corrected chi connectivity index (χ2v) is 11.2. The molecule has 0 radical (unpaired) electrons. The van der Waals surface area contributed by atoms with Crippen LogP contribution in [0.5, 0.6) is 0 Å². The van der Waals surface area contributed by atoms with E-state index in [2.05, 4.69) is 50.2 Å². The summed E-state index contributed by atoms with van der Waals surface area (Å²) in [6.45, 7) is 4.74. The summed E-state index contributed by atoms with van der Waals surface area (Å²) >= 11 is 1.65. The Bertz CT molecular complexity index is 1490. The minimum absolute atomic E-state index is 0.132. The summed E-state index contributed by atoms with van der Waals surface area (Å²) in [7, 11) is 0. The van der Waals surface area contributed by atoms with Crippen LogP contribution in [0.4, 0.5) is 4.39 Å². The molecule has 1 aliphatic carbocycles. The van der Waals surface area contributed by atoms with E-state index >= 15 is 4.39 Å². The molecular formula is C31H28FNS. The van der Waals surface area contributed by atoms with Gasteiger partial charge in [-0.3, -0.25) is 4.98 Å². The average Bonchev–Trinajstić information content (AvgIpc) is 3.53. The van der Waals surface area contributed by atoms with Crippen LogP contribution >= 0.6 is 11.3 Å². The van der Waals surface area contributed by atoms with E-state index in [9.17, 15) is 0 Å². The van der Waals surface area contributed by atoms with Crippen LogP contribution in [0.2, 0.25) is 0 Å². The van der Waals surface area contributed by atoms with Crippen LogP contribution in [0, 0.1) is 11.7 Å². The molecule has 170 valence electrons. The predicted octanol–water partition coefficient (Wildman–Crippen LogP) is 9.39. The summed E-state index contributed by atoms with van der Waals surface area (Å²) in [5.74, 6) is 0.558. The van der Waals surface area contributed by atoms with Crippen LogP contribution in [0.3, 0.4) is 0 Å². The molecule has 0 unspecified atom stereocenters. The molecule has 6 rings (SSSR count). The zero-order valence-electron chi connectivity index (χ0n) is 19.6. The number of hydrogen-bond donors (Lipinski definition) is 0.